The van der Waals surface area contributed by atoms with Crippen molar-refractivity contribution in [2.45, 2.75) is 12.7 Å². The van der Waals surface area contributed by atoms with E-state index in [4.69, 9.17) is 0 Å². The summed E-state index contributed by atoms with van der Waals surface area (Å²) in [5.41, 5.74) is -1.83. The maximum Gasteiger partial charge on any atom is 0.434 e. The number of rotatable bonds is 5. The van der Waals surface area contributed by atoms with E-state index in [1.54, 1.807) is 0 Å². The predicted molar refractivity (Wildman–Crippen MR) is 92.1 cm³/mol. The highest BCUT2D eigenvalue weighted by molar-refractivity contribution is 5.95. The number of anilines is 2. The minimum absolute atomic E-state index is 0.134. The highest BCUT2D eigenvalue weighted by Gasteiger charge is 2.38. The Morgan fingerprint density at radius 1 is 1.07 bits per heavy atom. The number of hydrogen-bond acceptors (Lipinski definition) is 5. The molecule has 0 aliphatic carbocycles. The van der Waals surface area contributed by atoms with Crippen molar-refractivity contribution < 1.29 is 26.7 Å². The number of hydrogen-bond donors (Lipinski definition) is 2. The fraction of sp³-hybridized carbons (Fsp3) is 0.111. The Hall–Kier alpha value is -3.63. The number of halogens is 5. The third-order valence-corrected chi connectivity index (χ3v) is 3.63. The normalized spacial score (nSPS) is 11.2. The number of nitrogens with zero attached hydrogens (tertiary/aromatic N) is 3. The van der Waals surface area contributed by atoms with E-state index in [-0.39, 0.29) is 12.2 Å². The number of nitrogens with one attached hydrogen (secondary N) is 2. The van der Waals surface area contributed by atoms with E-state index in [0.29, 0.717) is 11.8 Å². The molecule has 0 aliphatic heterocycles. The molecule has 0 saturated heterocycles. The van der Waals surface area contributed by atoms with E-state index in [0.717, 1.165) is 24.4 Å². The van der Waals surface area contributed by atoms with Gasteiger partial charge in [0.1, 0.15) is 5.82 Å². The Labute approximate surface area is 160 Å². The van der Waals surface area contributed by atoms with Crippen molar-refractivity contribution in [1.82, 2.24) is 20.3 Å². The third kappa shape index (κ3) is 5.21. The summed E-state index contributed by atoms with van der Waals surface area (Å²) in [6.45, 7) is -0.223. The first-order valence-corrected chi connectivity index (χ1v) is 8.08. The van der Waals surface area contributed by atoms with Crippen LogP contribution in [0.2, 0.25) is 0 Å². The number of alkyl halides is 3. The first kappa shape index (κ1) is 20.1. The molecule has 0 spiro atoms. The molecule has 0 saturated carbocycles. The van der Waals surface area contributed by atoms with Crippen LogP contribution in [0.1, 0.15) is 21.6 Å². The second-order valence-electron chi connectivity index (χ2n) is 5.76. The smallest absolute Gasteiger partial charge is 0.348 e. The van der Waals surface area contributed by atoms with Crippen molar-refractivity contribution in [3.63, 3.8) is 0 Å². The maximum atomic E-state index is 13.4. The summed E-state index contributed by atoms with van der Waals surface area (Å²) < 4.78 is 66.5. The molecule has 3 rings (SSSR count). The number of benzene rings is 1. The van der Waals surface area contributed by atoms with Gasteiger partial charge in [-0.3, -0.25) is 4.79 Å². The van der Waals surface area contributed by atoms with Crippen molar-refractivity contribution in [3.8, 4) is 0 Å². The van der Waals surface area contributed by atoms with Gasteiger partial charge in [0.2, 0.25) is 11.9 Å². The van der Waals surface area contributed by atoms with Gasteiger partial charge in [0.15, 0.2) is 5.69 Å². The first-order chi connectivity index (χ1) is 13.7. The second kappa shape index (κ2) is 8.17. The Bertz CT molecular complexity index is 1040. The summed E-state index contributed by atoms with van der Waals surface area (Å²) in [7, 11) is 0. The molecule has 0 unspecified atom stereocenters. The lowest BCUT2D eigenvalue weighted by Gasteiger charge is -2.13. The summed E-state index contributed by atoms with van der Waals surface area (Å²) in [4.78, 5) is 22.6. The molecule has 0 fully saturated rings. The molecule has 6 nitrogen and oxygen atoms in total. The molecule has 29 heavy (non-hydrogen) atoms. The fourth-order valence-corrected chi connectivity index (χ4v) is 2.35. The van der Waals surface area contributed by atoms with Crippen LogP contribution in [0.15, 0.2) is 48.8 Å². The van der Waals surface area contributed by atoms with Crippen LogP contribution in [0.25, 0.3) is 0 Å². The lowest BCUT2D eigenvalue weighted by molar-refractivity contribution is -0.141. The van der Waals surface area contributed by atoms with Gasteiger partial charge in [-0.15, -0.1) is 0 Å². The summed E-state index contributed by atoms with van der Waals surface area (Å²) >= 11 is 0. The number of aromatic nitrogens is 3. The predicted octanol–water partition coefficient (Wildman–Crippen LogP) is 3.84. The average molecular weight is 409 g/mol. The van der Waals surface area contributed by atoms with Crippen LogP contribution in [-0.2, 0) is 12.7 Å². The molecule has 0 aliphatic rings. The zero-order valence-corrected chi connectivity index (χ0v) is 14.5. The minimum atomic E-state index is -4.95. The fourth-order valence-electron chi connectivity index (χ4n) is 2.35. The van der Waals surface area contributed by atoms with Crippen molar-refractivity contribution in [2.24, 2.45) is 0 Å². The van der Waals surface area contributed by atoms with Gasteiger partial charge in [-0.1, -0.05) is 6.07 Å². The summed E-state index contributed by atoms with van der Waals surface area (Å²) in [5.74, 6) is -2.94. The molecule has 0 bridgehead atoms. The zero-order chi connectivity index (χ0) is 21.0. The number of pyridine rings is 1. The van der Waals surface area contributed by atoms with Gasteiger partial charge < -0.3 is 10.6 Å². The molecule has 1 aromatic carbocycles. The average Bonchev–Trinajstić information content (AvgIpc) is 2.65. The van der Waals surface area contributed by atoms with Crippen molar-refractivity contribution in [1.29, 1.82) is 0 Å². The van der Waals surface area contributed by atoms with E-state index in [2.05, 4.69) is 25.6 Å². The van der Waals surface area contributed by atoms with Crippen LogP contribution in [0.3, 0.4) is 0 Å². The van der Waals surface area contributed by atoms with Crippen LogP contribution in [-0.4, -0.2) is 20.9 Å². The molecule has 11 heteroatoms. The molecule has 2 N–H and O–H groups in total. The van der Waals surface area contributed by atoms with E-state index in [1.807, 2.05) is 0 Å². The van der Waals surface area contributed by atoms with Gasteiger partial charge in [0.25, 0.3) is 5.91 Å². The zero-order valence-electron chi connectivity index (χ0n) is 14.5. The Kier molecular flexibility index (Phi) is 5.66. The van der Waals surface area contributed by atoms with E-state index < -0.39 is 41.1 Å². The van der Waals surface area contributed by atoms with Gasteiger partial charge in [-0.05, 0) is 35.9 Å². The highest BCUT2D eigenvalue weighted by Crippen LogP contribution is 2.31. The Morgan fingerprint density at radius 3 is 2.55 bits per heavy atom. The van der Waals surface area contributed by atoms with E-state index in [1.165, 1.54) is 18.2 Å². The molecular weight excluding hydrogens is 397 g/mol. The summed E-state index contributed by atoms with van der Waals surface area (Å²) in [6.07, 6.45) is -3.08. The highest BCUT2D eigenvalue weighted by atomic mass is 19.4. The van der Waals surface area contributed by atoms with E-state index >= 15 is 0 Å². The van der Waals surface area contributed by atoms with Crippen LogP contribution in [0.5, 0.6) is 0 Å². The van der Waals surface area contributed by atoms with Crippen LogP contribution < -0.4 is 10.6 Å². The molecule has 2 heterocycles. The van der Waals surface area contributed by atoms with Crippen LogP contribution in [0.4, 0.5) is 33.6 Å². The Morgan fingerprint density at radius 2 is 1.86 bits per heavy atom. The van der Waals surface area contributed by atoms with Crippen molar-refractivity contribution in [2.75, 3.05) is 5.32 Å². The Balaban J connectivity index is 1.83. The molecule has 0 radical (unpaired) electrons. The number of amides is 1. The molecule has 3 aromatic rings. The van der Waals surface area contributed by atoms with Crippen LogP contribution in [0, 0.1) is 11.8 Å². The van der Waals surface area contributed by atoms with Gasteiger partial charge in [-0.25, -0.2) is 19.3 Å². The first-order valence-electron chi connectivity index (χ1n) is 8.08. The topological polar surface area (TPSA) is 79.8 Å². The largest absolute Gasteiger partial charge is 0.434 e. The van der Waals surface area contributed by atoms with Gasteiger partial charge in [-0.2, -0.15) is 17.6 Å². The molecule has 2 aromatic heterocycles. The molecule has 1 amide bonds. The number of carbonyl (C=O) groups is 1. The van der Waals surface area contributed by atoms with Gasteiger partial charge >= 0.3 is 6.18 Å². The summed E-state index contributed by atoms with van der Waals surface area (Å²) in [5, 5.41) is 4.69. The molecule has 0 atom stereocenters. The van der Waals surface area contributed by atoms with Crippen molar-refractivity contribution in [3.05, 3.63) is 77.4 Å². The van der Waals surface area contributed by atoms with Gasteiger partial charge in [0, 0.05) is 24.6 Å². The maximum absolute atomic E-state index is 13.4. The van der Waals surface area contributed by atoms with Crippen LogP contribution >= 0.6 is 0 Å². The second-order valence-corrected chi connectivity index (χ2v) is 5.76. The van der Waals surface area contributed by atoms with Gasteiger partial charge in [0.05, 0.1) is 5.56 Å². The summed E-state index contributed by atoms with van der Waals surface area (Å²) in [6, 6.07) is 7.41. The quantitative estimate of drug-likeness (QED) is 0.495. The standard InChI is InChI=1S/C18H12F5N5O/c19-11-2-1-3-12(7-11)27-17-26-9-13(15(28-17)18(21,22)23)16(29)25-8-10-4-5-24-14(20)6-10/h1-7,9H,8H2,(H,25,29)(H,26,27,28). The SMILES string of the molecule is O=C(NCc1ccnc(F)c1)c1cnc(Nc2cccc(F)c2)nc1C(F)(F)F. The van der Waals surface area contributed by atoms with E-state index in [9.17, 15) is 26.7 Å². The minimum Gasteiger partial charge on any atom is -0.348 e. The molecule has 150 valence electrons. The molecular formula is C18H12F5N5O. The van der Waals surface area contributed by atoms with Crippen molar-refractivity contribution >= 4 is 17.5 Å². The lowest BCUT2D eigenvalue weighted by Crippen LogP contribution is -2.27. The number of carbonyl (C=O) groups excluding carboxylic acids is 1. The lowest BCUT2D eigenvalue weighted by atomic mass is 10.2. The monoisotopic (exact) mass is 409 g/mol. The third-order valence-electron chi connectivity index (χ3n) is 3.63.